The maximum Gasteiger partial charge on any atom is 0.254 e. The van der Waals surface area contributed by atoms with E-state index in [-0.39, 0.29) is 36.3 Å². The number of nitrogens with zero attached hydrogens (tertiary/aromatic N) is 1. The molecule has 2 rings (SSSR count). The number of hydrogen-bond acceptors (Lipinski definition) is 4. The van der Waals surface area contributed by atoms with E-state index in [2.05, 4.69) is 5.32 Å². The van der Waals surface area contributed by atoms with Crippen LogP contribution in [0.15, 0.2) is 18.2 Å². The third-order valence-corrected chi connectivity index (χ3v) is 3.67. The number of carbonyl (C=O) groups excluding carboxylic acids is 2. The van der Waals surface area contributed by atoms with Crippen LogP contribution in [0.5, 0.6) is 5.75 Å². The lowest BCUT2D eigenvalue weighted by Crippen LogP contribution is -2.58. The fraction of sp³-hybridized carbons (Fsp3) is 0.467. The average Bonchev–Trinajstić information content (AvgIpc) is 2.53. The van der Waals surface area contributed by atoms with Crippen LogP contribution in [0.1, 0.15) is 17.3 Å². The molecule has 0 unspecified atom stereocenters. The van der Waals surface area contributed by atoms with Crippen LogP contribution in [0.4, 0.5) is 4.39 Å². The van der Waals surface area contributed by atoms with Gasteiger partial charge in [0.15, 0.2) is 17.2 Å². The molecule has 0 aliphatic carbocycles. The van der Waals surface area contributed by atoms with Gasteiger partial charge in [-0.3, -0.25) is 9.59 Å². The molecule has 0 saturated carbocycles. The van der Waals surface area contributed by atoms with Gasteiger partial charge in [-0.2, -0.15) is 0 Å². The van der Waals surface area contributed by atoms with Crippen LogP contribution in [0.3, 0.4) is 0 Å². The summed E-state index contributed by atoms with van der Waals surface area (Å²) in [6, 6.07) is 4.03. The van der Waals surface area contributed by atoms with E-state index in [1.807, 2.05) is 0 Å². The van der Waals surface area contributed by atoms with Gasteiger partial charge in [-0.05, 0) is 25.1 Å². The summed E-state index contributed by atoms with van der Waals surface area (Å²) in [6.07, 6.45) is 0. The summed E-state index contributed by atoms with van der Waals surface area (Å²) in [6.45, 7) is 2.33. The molecule has 1 heterocycles. The van der Waals surface area contributed by atoms with E-state index in [4.69, 9.17) is 9.47 Å². The first-order chi connectivity index (χ1) is 10.4. The maximum atomic E-state index is 13.7. The lowest BCUT2D eigenvalue weighted by atomic mass is 10.0. The van der Waals surface area contributed by atoms with Crippen molar-refractivity contribution in [3.05, 3.63) is 29.6 Å². The van der Waals surface area contributed by atoms with Crippen molar-refractivity contribution in [1.82, 2.24) is 10.2 Å². The highest BCUT2D eigenvalue weighted by atomic mass is 19.1. The molecule has 1 N–H and O–H groups in total. The molecule has 120 valence electrons. The first kappa shape index (κ1) is 16.2. The number of carbonyl (C=O) groups is 2. The monoisotopic (exact) mass is 310 g/mol. The molecule has 1 saturated heterocycles. The second-order valence-corrected chi connectivity index (χ2v) is 5.23. The number of rotatable bonds is 3. The quantitative estimate of drug-likeness (QED) is 0.897. The molecule has 2 amide bonds. The Kier molecular flexibility index (Phi) is 4.65. The molecule has 1 aromatic rings. The minimum Gasteiger partial charge on any atom is -0.494 e. The molecule has 22 heavy (non-hydrogen) atoms. The number of likely N-dealkylation sites (N-methyl/N-ethyl adjacent to an activating group) is 1. The number of hydrogen-bond donors (Lipinski definition) is 1. The zero-order valence-corrected chi connectivity index (χ0v) is 12.8. The van der Waals surface area contributed by atoms with Gasteiger partial charge >= 0.3 is 0 Å². The van der Waals surface area contributed by atoms with Gasteiger partial charge in [0.1, 0.15) is 0 Å². The van der Waals surface area contributed by atoms with E-state index in [1.54, 1.807) is 6.92 Å². The standard InChI is InChI=1S/C15H19FN2O4/c1-15(14(20)17-2)9-18(6-7-22-15)13(19)10-4-5-12(21-3)11(16)8-10/h4-5,8H,6-7,9H2,1-3H3,(H,17,20)/t15-/m0/s1. The molecule has 0 aromatic heterocycles. The van der Waals surface area contributed by atoms with Gasteiger partial charge in [0.05, 0.1) is 20.3 Å². The summed E-state index contributed by atoms with van der Waals surface area (Å²) >= 11 is 0. The molecule has 1 aromatic carbocycles. The minimum atomic E-state index is -1.10. The van der Waals surface area contributed by atoms with Gasteiger partial charge in [-0.15, -0.1) is 0 Å². The molecule has 0 spiro atoms. The Bertz CT molecular complexity index is 593. The van der Waals surface area contributed by atoms with E-state index in [0.717, 1.165) is 6.07 Å². The first-order valence-corrected chi connectivity index (χ1v) is 6.90. The molecule has 1 aliphatic rings. The topological polar surface area (TPSA) is 67.9 Å². The highest BCUT2D eigenvalue weighted by molar-refractivity contribution is 5.95. The van der Waals surface area contributed by atoms with Crippen molar-refractivity contribution >= 4 is 11.8 Å². The second kappa shape index (κ2) is 6.31. The van der Waals surface area contributed by atoms with Crippen molar-refractivity contribution in [3.8, 4) is 5.75 Å². The Balaban J connectivity index is 2.19. The van der Waals surface area contributed by atoms with Gasteiger partial charge < -0.3 is 19.7 Å². The zero-order valence-electron chi connectivity index (χ0n) is 12.8. The molecular formula is C15H19FN2O4. The van der Waals surface area contributed by atoms with E-state index in [0.29, 0.717) is 6.54 Å². The zero-order chi connectivity index (χ0) is 16.3. The minimum absolute atomic E-state index is 0.0775. The molecule has 0 radical (unpaired) electrons. The molecule has 1 atom stereocenters. The van der Waals surface area contributed by atoms with Crippen molar-refractivity contribution in [2.75, 3.05) is 33.9 Å². The number of benzene rings is 1. The second-order valence-electron chi connectivity index (χ2n) is 5.23. The van der Waals surface area contributed by atoms with Crippen molar-refractivity contribution in [2.45, 2.75) is 12.5 Å². The Labute approximate surface area is 128 Å². The van der Waals surface area contributed by atoms with Crippen LogP contribution in [0.25, 0.3) is 0 Å². The van der Waals surface area contributed by atoms with Gasteiger partial charge in [-0.1, -0.05) is 0 Å². The Morgan fingerprint density at radius 3 is 2.77 bits per heavy atom. The highest BCUT2D eigenvalue weighted by Crippen LogP contribution is 2.22. The first-order valence-electron chi connectivity index (χ1n) is 6.90. The van der Waals surface area contributed by atoms with Crippen LogP contribution < -0.4 is 10.1 Å². The summed E-state index contributed by atoms with van der Waals surface area (Å²) in [4.78, 5) is 25.8. The number of ether oxygens (including phenoxy) is 2. The molecule has 1 fully saturated rings. The fourth-order valence-electron chi connectivity index (χ4n) is 2.43. The summed E-state index contributed by atoms with van der Waals surface area (Å²) in [7, 11) is 2.87. The number of nitrogens with one attached hydrogen (secondary N) is 1. The summed E-state index contributed by atoms with van der Waals surface area (Å²) < 4.78 is 24.1. The van der Waals surface area contributed by atoms with Crippen molar-refractivity contribution in [2.24, 2.45) is 0 Å². The number of amides is 2. The molecule has 7 heteroatoms. The molecule has 0 bridgehead atoms. The third-order valence-electron chi connectivity index (χ3n) is 3.67. The summed E-state index contributed by atoms with van der Waals surface area (Å²) in [5.41, 5.74) is -0.896. The number of halogens is 1. The molecule has 1 aliphatic heterocycles. The van der Waals surface area contributed by atoms with Gasteiger partial charge in [0, 0.05) is 19.2 Å². The van der Waals surface area contributed by atoms with Crippen molar-refractivity contribution in [3.63, 3.8) is 0 Å². The maximum absolute atomic E-state index is 13.7. The van der Waals surface area contributed by atoms with E-state index in [1.165, 1.54) is 31.2 Å². The summed E-state index contributed by atoms with van der Waals surface area (Å²) in [5.74, 6) is -1.17. The van der Waals surface area contributed by atoms with E-state index in [9.17, 15) is 14.0 Å². The Morgan fingerprint density at radius 1 is 1.45 bits per heavy atom. The SMILES string of the molecule is CNC(=O)[C@]1(C)CN(C(=O)c2ccc(OC)c(F)c2)CCO1. The molecular weight excluding hydrogens is 291 g/mol. The van der Waals surface area contributed by atoms with Gasteiger partial charge in [-0.25, -0.2) is 4.39 Å². The normalized spacial score (nSPS) is 21.4. The third kappa shape index (κ3) is 3.04. The lowest BCUT2D eigenvalue weighted by Gasteiger charge is -2.39. The number of methoxy groups -OCH3 is 1. The van der Waals surface area contributed by atoms with Crippen LogP contribution >= 0.6 is 0 Å². The fourth-order valence-corrected chi connectivity index (χ4v) is 2.43. The average molecular weight is 310 g/mol. The van der Waals surface area contributed by atoms with Crippen molar-refractivity contribution < 1.29 is 23.5 Å². The van der Waals surface area contributed by atoms with Crippen LogP contribution in [-0.4, -0.2) is 56.2 Å². The van der Waals surface area contributed by atoms with E-state index >= 15 is 0 Å². The predicted octanol–water partition coefficient (Wildman–Crippen LogP) is 0.811. The van der Waals surface area contributed by atoms with Crippen LogP contribution in [0, 0.1) is 5.82 Å². The van der Waals surface area contributed by atoms with Crippen molar-refractivity contribution in [1.29, 1.82) is 0 Å². The predicted molar refractivity (Wildman–Crippen MR) is 77.3 cm³/mol. The molecule has 6 nitrogen and oxygen atoms in total. The van der Waals surface area contributed by atoms with E-state index < -0.39 is 11.4 Å². The Morgan fingerprint density at radius 2 is 2.18 bits per heavy atom. The lowest BCUT2D eigenvalue weighted by molar-refractivity contribution is -0.153. The largest absolute Gasteiger partial charge is 0.494 e. The van der Waals surface area contributed by atoms with Crippen LogP contribution in [0.2, 0.25) is 0 Å². The number of morpholine rings is 1. The van der Waals surface area contributed by atoms with Gasteiger partial charge in [0.2, 0.25) is 0 Å². The highest BCUT2D eigenvalue weighted by Gasteiger charge is 2.40. The smallest absolute Gasteiger partial charge is 0.254 e. The summed E-state index contributed by atoms with van der Waals surface area (Å²) in [5, 5.41) is 2.52. The van der Waals surface area contributed by atoms with Crippen LogP contribution in [-0.2, 0) is 9.53 Å². The Hall–Kier alpha value is -2.15. The van der Waals surface area contributed by atoms with Gasteiger partial charge in [0.25, 0.3) is 11.8 Å².